The van der Waals surface area contributed by atoms with Gasteiger partial charge in [0, 0.05) is 12.1 Å². The van der Waals surface area contributed by atoms with Gasteiger partial charge in [0.2, 0.25) is 0 Å². The van der Waals surface area contributed by atoms with Gasteiger partial charge in [0.05, 0.1) is 6.61 Å². The number of aromatic amines is 1. The molecule has 1 rings (SSSR count). The molecule has 0 atom stereocenters. The van der Waals surface area contributed by atoms with E-state index in [0.29, 0.717) is 12.1 Å². The molecule has 1 heterocycles. The SMILES string of the molecule is CC.CCCC(=O)c1n[nH]c(C)c1C(=O)OCC. The quantitative estimate of drug-likeness (QED) is 0.647. The van der Waals surface area contributed by atoms with Gasteiger partial charge in [-0.15, -0.1) is 0 Å². The summed E-state index contributed by atoms with van der Waals surface area (Å²) in [5, 5.41) is 6.51. The minimum absolute atomic E-state index is 0.130. The van der Waals surface area contributed by atoms with Crippen molar-refractivity contribution in [2.75, 3.05) is 6.61 Å². The molecule has 5 nitrogen and oxygen atoms in total. The Morgan fingerprint density at radius 2 is 1.89 bits per heavy atom. The first-order valence-electron chi connectivity index (χ1n) is 6.37. The standard InChI is InChI=1S/C11H16N2O3.C2H6/c1-4-6-8(14)10-9(7(3)12-13-10)11(15)16-5-2;1-2/h4-6H2,1-3H3,(H,12,13);1-2H3. The molecule has 0 saturated heterocycles. The molecular weight excluding hydrogens is 232 g/mol. The van der Waals surface area contributed by atoms with Gasteiger partial charge in [-0.3, -0.25) is 9.89 Å². The van der Waals surface area contributed by atoms with Crippen LogP contribution in [0.15, 0.2) is 0 Å². The van der Waals surface area contributed by atoms with Crippen LogP contribution in [0.2, 0.25) is 0 Å². The average Bonchev–Trinajstić information content (AvgIpc) is 2.74. The molecule has 1 aromatic heterocycles. The lowest BCUT2D eigenvalue weighted by Crippen LogP contribution is -2.11. The van der Waals surface area contributed by atoms with Crippen LogP contribution in [-0.4, -0.2) is 28.6 Å². The first-order chi connectivity index (χ1) is 8.61. The highest BCUT2D eigenvalue weighted by Crippen LogP contribution is 2.14. The number of carbonyl (C=O) groups excluding carboxylic acids is 2. The molecule has 0 bridgehead atoms. The Balaban J connectivity index is 0.00000137. The van der Waals surface area contributed by atoms with Crippen molar-refractivity contribution in [3.05, 3.63) is 17.0 Å². The Morgan fingerprint density at radius 3 is 2.39 bits per heavy atom. The van der Waals surface area contributed by atoms with Crippen molar-refractivity contribution in [1.82, 2.24) is 10.2 Å². The lowest BCUT2D eigenvalue weighted by atomic mass is 10.1. The van der Waals surface area contributed by atoms with E-state index in [1.807, 2.05) is 20.8 Å². The maximum atomic E-state index is 11.7. The molecule has 0 saturated carbocycles. The number of nitrogens with one attached hydrogen (secondary N) is 1. The van der Waals surface area contributed by atoms with E-state index < -0.39 is 5.97 Å². The topological polar surface area (TPSA) is 72.0 Å². The third kappa shape index (κ3) is 3.98. The van der Waals surface area contributed by atoms with Crippen LogP contribution < -0.4 is 0 Å². The average molecular weight is 254 g/mol. The van der Waals surface area contributed by atoms with Crippen LogP contribution >= 0.6 is 0 Å². The second-order valence-corrected chi connectivity index (χ2v) is 3.47. The highest BCUT2D eigenvalue weighted by Gasteiger charge is 2.23. The monoisotopic (exact) mass is 254 g/mol. The molecule has 1 aromatic rings. The van der Waals surface area contributed by atoms with Gasteiger partial charge < -0.3 is 4.74 Å². The number of Topliss-reactive ketones (excluding diaryl/α,β-unsaturated/α-hetero) is 1. The van der Waals surface area contributed by atoms with Gasteiger partial charge in [-0.1, -0.05) is 20.8 Å². The molecule has 0 aliphatic heterocycles. The molecule has 18 heavy (non-hydrogen) atoms. The van der Waals surface area contributed by atoms with E-state index in [1.54, 1.807) is 13.8 Å². The van der Waals surface area contributed by atoms with Crippen LogP contribution in [0.25, 0.3) is 0 Å². The summed E-state index contributed by atoms with van der Waals surface area (Å²) in [5.41, 5.74) is 1.02. The fourth-order valence-corrected chi connectivity index (χ4v) is 1.43. The van der Waals surface area contributed by atoms with Crippen LogP contribution in [0, 0.1) is 6.92 Å². The molecule has 0 unspecified atom stereocenters. The Kier molecular flexibility index (Phi) is 7.67. The van der Waals surface area contributed by atoms with Crippen molar-refractivity contribution in [2.24, 2.45) is 0 Å². The smallest absolute Gasteiger partial charge is 0.342 e. The number of rotatable bonds is 5. The van der Waals surface area contributed by atoms with Crippen LogP contribution in [-0.2, 0) is 4.74 Å². The van der Waals surface area contributed by atoms with Gasteiger partial charge in [0.1, 0.15) is 11.3 Å². The Bertz CT molecular complexity index is 397. The van der Waals surface area contributed by atoms with E-state index in [4.69, 9.17) is 4.74 Å². The van der Waals surface area contributed by atoms with E-state index in [-0.39, 0.29) is 23.6 Å². The second-order valence-electron chi connectivity index (χ2n) is 3.47. The van der Waals surface area contributed by atoms with Crippen molar-refractivity contribution in [3.63, 3.8) is 0 Å². The predicted molar refractivity (Wildman–Crippen MR) is 69.9 cm³/mol. The first kappa shape index (κ1) is 16.4. The van der Waals surface area contributed by atoms with Gasteiger partial charge in [0.25, 0.3) is 0 Å². The summed E-state index contributed by atoms with van der Waals surface area (Å²) in [6.07, 6.45) is 1.11. The molecule has 0 fully saturated rings. The minimum Gasteiger partial charge on any atom is -0.462 e. The van der Waals surface area contributed by atoms with Crippen LogP contribution in [0.5, 0.6) is 0 Å². The molecule has 0 aromatic carbocycles. The number of ether oxygens (including phenoxy) is 1. The first-order valence-corrected chi connectivity index (χ1v) is 6.37. The Labute approximate surface area is 108 Å². The van der Waals surface area contributed by atoms with Gasteiger partial charge in [0.15, 0.2) is 5.78 Å². The normalized spacial score (nSPS) is 9.39. The zero-order chi connectivity index (χ0) is 14.1. The molecular formula is C13H22N2O3. The summed E-state index contributed by atoms with van der Waals surface area (Å²) in [7, 11) is 0. The summed E-state index contributed by atoms with van der Waals surface area (Å²) in [5.74, 6) is -0.622. The third-order valence-electron chi connectivity index (χ3n) is 2.17. The molecule has 102 valence electrons. The van der Waals surface area contributed by atoms with E-state index >= 15 is 0 Å². The zero-order valence-corrected chi connectivity index (χ0v) is 11.8. The molecule has 0 spiro atoms. The summed E-state index contributed by atoms with van der Waals surface area (Å²) < 4.78 is 4.88. The number of hydrogen-bond acceptors (Lipinski definition) is 4. The van der Waals surface area contributed by atoms with Crippen molar-refractivity contribution < 1.29 is 14.3 Å². The lowest BCUT2D eigenvalue weighted by molar-refractivity contribution is 0.0522. The second kappa shape index (κ2) is 8.44. The molecule has 0 radical (unpaired) electrons. The highest BCUT2D eigenvalue weighted by atomic mass is 16.5. The highest BCUT2D eigenvalue weighted by molar-refractivity contribution is 6.05. The number of aromatic nitrogens is 2. The van der Waals surface area contributed by atoms with E-state index in [2.05, 4.69) is 10.2 Å². The number of carbonyl (C=O) groups is 2. The maximum Gasteiger partial charge on any atom is 0.342 e. The fourth-order valence-electron chi connectivity index (χ4n) is 1.43. The maximum absolute atomic E-state index is 11.7. The van der Waals surface area contributed by atoms with Crippen molar-refractivity contribution in [3.8, 4) is 0 Å². The van der Waals surface area contributed by atoms with E-state index in [0.717, 1.165) is 6.42 Å². The van der Waals surface area contributed by atoms with E-state index in [9.17, 15) is 9.59 Å². The van der Waals surface area contributed by atoms with Gasteiger partial charge in [-0.05, 0) is 20.3 Å². The lowest BCUT2D eigenvalue weighted by Gasteiger charge is -2.02. The Hall–Kier alpha value is -1.65. The third-order valence-corrected chi connectivity index (χ3v) is 2.17. The molecule has 0 amide bonds. The number of ketones is 1. The summed E-state index contributed by atoms with van der Waals surface area (Å²) >= 11 is 0. The van der Waals surface area contributed by atoms with Crippen molar-refractivity contribution >= 4 is 11.8 Å². The summed E-state index contributed by atoms with van der Waals surface area (Å²) in [6, 6.07) is 0. The largest absolute Gasteiger partial charge is 0.462 e. The van der Waals surface area contributed by atoms with Crippen LogP contribution in [0.4, 0.5) is 0 Å². The molecule has 1 N–H and O–H groups in total. The minimum atomic E-state index is -0.492. The summed E-state index contributed by atoms with van der Waals surface area (Å²) in [4.78, 5) is 23.3. The van der Waals surface area contributed by atoms with Crippen LogP contribution in [0.3, 0.4) is 0 Å². The number of aryl methyl sites for hydroxylation is 1. The van der Waals surface area contributed by atoms with Gasteiger partial charge in [-0.2, -0.15) is 5.10 Å². The Morgan fingerprint density at radius 1 is 1.28 bits per heavy atom. The fraction of sp³-hybridized carbons (Fsp3) is 0.615. The van der Waals surface area contributed by atoms with Gasteiger partial charge >= 0.3 is 5.97 Å². The van der Waals surface area contributed by atoms with Crippen molar-refractivity contribution in [1.29, 1.82) is 0 Å². The number of nitrogens with zero attached hydrogens (tertiary/aromatic N) is 1. The predicted octanol–water partition coefficient (Wildman–Crippen LogP) is 2.90. The molecule has 0 aliphatic carbocycles. The van der Waals surface area contributed by atoms with Crippen LogP contribution in [0.1, 0.15) is 67.1 Å². The number of H-pyrrole nitrogens is 1. The van der Waals surface area contributed by atoms with E-state index in [1.165, 1.54) is 0 Å². The number of esters is 1. The molecule has 0 aliphatic rings. The zero-order valence-electron chi connectivity index (χ0n) is 11.8. The van der Waals surface area contributed by atoms with Crippen molar-refractivity contribution in [2.45, 2.75) is 47.5 Å². The summed E-state index contributed by atoms with van der Waals surface area (Å²) in [6.45, 7) is 9.61. The van der Waals surface area contributed by atoms with Gasteiger partial charge in [-0.25, -0.2) is 4.79 Å². The number of hydrogen-bond donors (Lipinski definition) is 1. The molecule has 5 heteroatoms.